The molecule has 0 unspecified atom stereocenters. The third-order valence-corrected chi connectivity index (χ3v) is 5.53. The summed E-state index contributed by atoms with van der Waals surface area (Å²) in [6, 6.07) is 10.7. The Bertz CT molecular complexity index is 586. The molecule has 0 radical (unpaired) electrons. The summed E-state index contributed by atoms with van der Waals surface area (Å²) in [5.41, 5.74) is 1.24. The number of hydrogen-bond donors (Lipinski definition) is 0. The van der Waals surface area contributed by atoms with Crippen LogP contribution < -0.4 is 0 Å². The van der Waals surface area contributed by atoms with Gasteiger partial charge in [0.15, 0.2) is 0 Å². The van der Waals surface area contributed by atoms with E-state index in [0.29, 0.717) is 12.0 Å². The Hall–Kier alpha value is -1.23. The number of thiophene rings is 1. The van der Waals surface area contributed by atoms with E-state index in [4.69, 9.17) is 4.74 Å². The van der Waals surface area contributed by atoms with Crippen molar-refractivity contribution >= 4 is 11.3 Å². The Morgan fingerprint density at radius 1 is 1.24 bits per heavy atom. The fourth-order valence-electron chi connectivity index (χ4n) is 3.18. The van der Waals surface area contributed by atoms with Crippen molar-refractivity contribution in [1.82, 2.24) is 9.88 Å². The van der Waals surface area contributed by atoms with E-state index in [1.165, 1.54) is 28.3 Å². The van der Waals surface area contributed by atoms with Gasteiger partial charge in [0.1, 0.15) is 0 Å². The first-order valence-corrected chi connectivity index (χ1v) is 8.53. The second kappa shape index (κ2) is 5.87. The number of pyridine rings is 1. The highest BCUT2D eigenvalue weighted by molar-refractivity contribution is 7.12. The average molecular weight is 300 g/mol. The third-order valence-electron chi connectivity index (χ3n) is 4.37. The first-order chi connectivity index (χ1) is 10.4. The molecule has 2 aliphatic rings. The van der Waals surface area contributed by atoms with Crippen molar-refractivity contribution < 1.29 is 4.74 Å². The molecule has 4 heteroatoms. The van der Waals surface area contributed by atoms with Crippen molar-refractivity contribution in [3.8, 4) is 0 Å². The van der Waals surface area contributed by atoms with Gasteiger partial charge < -0.3 is 4.74 Å². The van der Waals surface area contributed by atoms with E-state index >= 15 is 0 Å². The van der Waals surface area contributed by atoms with E-state index in [1.54, 1.807) is 0 Å². The van der Waals surface area contributed by atoms with Gasteiger partial charge in [0.2, 0.25) is 0 Å². The van der Waals surface area contributed by atoms with Crippen molar-refractivity contribution in [1.29, 1.82) is 0 Å². The lowest BCUT2D eigenvalue weighted by Gasteiger charge is -2.38. The van der Waals surface area contributed by atoms with Crippen LogP contribution in [0.2, 0.25) is 0 Å². The van der Waals surface area contributed by atoms with E-state index in [0.717, 1.165) is 26.2 Å². The molecule has 2 aromatic rings. The SMILES string of the molecule is c1ccc(C2CN(Cc3ccc([C@@H]4CCCO4)s3)C2)nc1. The second-order valence-electron chi connectivity index (χ2n) is 5.95. The van der Waals surface area contributed by atoms with Gasteiger partial charge in [0.25, 0.3) is 0 Å². The zero-order valence-electron chi connectivity index (χ0n) is 12.1. The highest BCUT2D eigenvalue weighted by atomic mass is 32.1. The van der Waals surface area contributed by atoms with Gasteiger partial charge in [-0.2, -0.15) is 0 Å². The first kappa shape index (κ1) is 13.4. The molecule has 2 aromatic heterocycles. The van der Waals surface area contributed by atoms with Crippen molar-refractivity contribution in [2.24, 2.45) is 0 Å². The molecule has 4 rings (SSSR count). The van der Waals surface area contributed by atoms with Gasteiger partial charge in [0, 0.05) is 53.8 Å². The van der Waals surface area contributed by atoms with Crippen molar-refractivity contribution in [3.63, 3.8) is 0 Å². The zero-order chi connectivity index (χ0) is 14.1. The van der Waals surface area contributed by atoms with E-state index in [-0.39, 0.29) is 0 Å². The molecular formula is C17H20N2OS. The largest absolute Gasteiger partial charge is 0.373 e. The normalized spacial score (nSPS) is 23.3. The van der Waals surface area contributed by atoms with E-state index in [2.05, 4.69) is 34.1 Å². The number of aromatic nitrogens is 1. The van der Waals surface area contributed by atoms with Crippen molar-refractivity contribution in [2.75, 3.05) is 19.7 Å². The monoisotopic (exact) mass is 300 g/mol. The van der Waals surface area contributed by atoms with Gasteiger partial charge in [-0.05, 0) is 37.1 Å². The molecule has 2 saturated heterocycles. The standard InChI is InChI=1S/C17H20N2OS/c1-2-8-18-15(4-1)13-10-19(11-13)12-14-6-7-17(21-14)16-5-3-9-20-16/h1-2,4,6-8,13,16H,3,5,9-12H2/t16-/m0/s1. The molecule has 4 heterocycles. The first-order valence-electron chi connectivity index (χ1n) is 7.72. The smallest absolute Gasteiger partial charge is 0.0917 e. The zero-order valence-corrected chi connectivity index (χ0v) is 12.9. The maximum Gasteiger partial charge on any atom is 0.0917 e. The fourth-order valence-corrected chi connectivity index (χ4v) is 4.32. The van der Waals surface area contributed by atoms with Crippen LogP contribution in [0.1, 0.15) is 40.3 Å². The average Bonchev–Trinajstić information content (AvgIpc) is 3.14. The lowest BCUT2D eigenvalue weighted by molar-refractivity contribution is 0.114. The molecule has 1 atom stereocenters. The molecule has 0 bridgehead atoms. The predicted octanol–water partition coefficient (Wildman–Crippen LogP) is 3.59. The van der Waals surface area contributed by atoms with E-state index < -0.39 is 0 Å². The third kappa shape index (κ3) is 2.89. The highest BCUT2D eigenvalue weighted by Crippen LogP contribution is 2.35. The molecule has 2 fully saturated rings. The highest BCUT2D eigenvalue weighted by Gasteiger charge is 2.29. The number of nitrogens with zero attached hydrogens (tertiary/aromatic N) is 2. The Morgan fingerprint density at radius 3 is 2.95 bits per heavy atom. The van der Waals surface area contributed by atoms with Crippen LogP contribution in [0.5, 0.6) is 0 Å². The summed E-state index contributed by atoms with van der Waals surface area (Å²) >= 11 is 1.92. The number of likely N-dealkylation sites (tertiary alicyclic amines) is 1. The van der Waals surface area contributed by atoms with Crippen LogP contribution in [0, 0.1) is 0 Å². The van der Waals surface area contributed by atoms with Crippen LogP contribution >= 0.6 is 11.3 Å². The van der Waals surface area contributed by atoms with Crippen LogP contribution in [0.4, 0.5) is 0 Å². The van der Waals surface area contributed by atoms with E-state index in [1.807, 2.05) is 23.6 Å². The van der Waals surface area contributed by atoms with Crippen LogP contribution in [0.25, 0.3) is 0 Å². The minimum atomic E-state index is 0.362. The minimum Gasteiger partial charge on any atom is -0.373 e. The molecular weight excluding hydrogens is 280 g/mol. The summed E-state index contributed by atoms with van der Waals surface area (Å²) in [6.45, 7) is 4.25. The molecule has 110 valence electrons. The summed E-state index contributed by atoms with van der Waals surface area (Å²) in [5.74, 6) is 0.615. The van der Waals surface area contributed by atoms with Gasteiger partial charge >= 0.3 is 0 Å². The molecule has 0 amide bonds. The summed E-state index contributed by atoms with van der Waals surface area (Å²) < 4.78 is 5.76. The number of ether oxygens (including phenoxy) is 1. The molecule has 0 N–H and O–H groups in total. The van der Waals surface area contributed by atoms with Crippen LogP contribution in [0.3, 0.4) is 0 Å². The number of rotatable bonds is 4. The van der Waals surface area contributed by atoms with Crippen LogP contribution in [0.15, 0.2) is 36.5 Å². The molecule has 0 saturated carbocycles. The van der Waals surface area contributed by atoms with Crippen molar-refractivity contribution in [3.05, 3.63) is 52.0 Å². The molecule has 0 aromatic carbocycles. The van der Waals surface area contributed by atoms with E-state index in [9.17, 15) is 0 Å². The lowest BCUT2D eigenvalue weighted by atomic mass is 9.96. The topological polar surface area (TPSA) is 25.4 Å². The Morgan fingerprint density at radius 2 is 2.19 bits per heavy atom. The van der Waals surface area contributed by atoms with Crippen LogP contribution in [-0.4, -0.2) is 29.6 Å². The Balaban J connectivity index is 1.32. The minimum absolute atomic E-state index is 0.362. The molecule has 21 heavy (non-hydrogen) atoms. The van der Waals surface area contributed by atoms with Crippen molar-refractivity contribution in [2.45, 2.75) is 31.4 Å². The molecule has 3 nitrogen and oxygen atoms in total. The summed E-state index contributed by atoms with van der Waals surface area (Å²) in [4.78, 5) is 9.83. The molecule has 0 spiro atoms. The Kier molecular flexibility index (Phi) is 3.76. The van der Waals surface area contributed by atoms with Crippen LogP contribution in [-0.2, 0) is 11.3 Å². The van der Waals surface area contributed by atoms with Gasteiger partial charge in [-0.1, -0.05) is 6.07 Å². The van der Waals surface area contributed by atoms with Gasteiger partial charge in [-0.3, -0.25) is 9.88 Å². The van der Waals surface area contributed by atoms with Gasteiger partial charge in [-0.25, -0.2) is 0 Å². The van der Waals surface area contributed by atoms with Gasteiger partial charge in [-0.15, -0.1) is 11.3 Å². The maximum atomic E-state index is 5.76. The Labute approximate surface area is 129 Å². The number of hydrogen-bond acceptors (Lipinski definition) is 4. The van der Waals surface area contributed by atoms with Gasteiger partial charge in [0.05, 0.1) is 6.10 Å². The summed E-state index contributed by atoms with van der Waals surface area (Å²) in [6.07, 6.45) is 4.65. The summed E-state index contributed by atoms with van der Waals surface area (Å²) in [7, 11) is 0. The predicted molar refractivity (Wildman–Crippen MR) is 84.5 cm³/mol. The second-order valence-corrected chi connectivity index (χ2v) is 7.15. The fraction of sp³-hybridized carbons (Fsp3) is 0.471. The lowest BCUT2D eigenvalue weighted by Crippen LogP contribution is -2.44. The molecule has 0 aliphatic carbocycles. The summed E-state index contributed by atoms with van der Waals surface area (Å²) in [5, 5.41) is 0. The molecule has 2 aliphatic heterocycles. The quantitative estimate of drug-likeness (QED) is 0.863. The maximum absolute atomic E-state index is 5.76.